The molecule has 3 aromatic carbocycles. The van der Waals surface area contributed by atoms with Crippen molar-refractivity contribution in [1.29, 1.82) is 21.0 Å². The largest absolute Gasteiger partial charge is 0.462 e. The molecule has 0 saturated heterocycles. The summed E-state index contributed by atoms with van der Waals surface area (Å²) in [5.74, 6) is 1.16. The average Bonchev–Trinajstić information content (AvgIpc) is 3.08. The van der Waals surface area contributed by atoms with Crippen molar-refractivity contribution < 1.29 is 4.74 Å². The molecule has 0 atom stereocenters. The molecule has 5 rings (SSSR count). The van der Waals surface area contributed by atoms with Crippen LogP contribution >= 0.6 is 0 Å². The molecule has 0 amide bonds. The molecule has 232 valence electrons. The van der Waals surface area contributed by atoms with Crippen molar-refractivity contribution in [2.24, 2.45) is 5.41 Å². The number of hydrogen-bond donors (Lipinski definition) is 0. The normalized spacial score (nSPS) is 15.2. The highest BCUT2D eigenvalue weighted by Gasteiger charge is 2.26. The van der Waals surface area contributed by atoms with Gasteiger partial charge in [-0.25, -0.2) is 0 Å². The van der Waals surface area contributed by atoms with Crippen LogP contribution in [-0.4, -0.2) is 0 Å². The summed E-state index contributed by atoms with van der Waals surface area (Å²) >= 11 is 0. The first-order chi connectivity index (χ1) is 23.2. The third-order valence-corrected chi connectivity index (χ3v) is 7.95. The summed E-state index contributed by atoms with van der Waals surface area (Å²) in [7, 11) is 0. The second-order valence-electron chi connectivity index (χ2n) is 12.3. The topological polar surface area (TPSA) is 108 Å². The number of para-hydroxylation sites is 1. The van der Waals surface area contributed by atoms with Crippen LogP contribution in [0.3, 0.4) is 0 Å². The fourth-order valence-corrected chi connectivity index (χ4v) is 5.81. The third kappa shape index (κ3) is 7.97. The van der Waals surface area contributed by atoms with Crippen molar-refractivity contribution in [1.82, 2.24) is 0 Å². The van der Waals surface area contributed by atoms with E-state index in [9.17, 15) is 21.0 Å². The van der Waals surface area contributed by atoms with Gasteiger partial charge in [0, 0.05) is 22.6 Å². The smallest absolute Gasteiger partial charge is 0.137 e. The highest BCUT2D eigenvalue weighted by atomic mass is 16.5. The minimum atomic E-state index is -0.0353. The average molecular weight is 624 g/mol. The number of rotatable bonds is 7. The van der Waals surface area contributed by atoms with E-state index in [0.717, 1.165) is 45.8 Å². The highest BCUT2D eigenvalue weighted by molar-refractivity contribution is 5.77. The van der Waals surface area contributed by atoms with Crippen LogP contribution in [0.25, 0.3) is 12.2 Å². The zero-order valence-corrected chi connectivity index (χ0v) is 27.1. The molecule has 0 radical (unpaired) electrons. The first-order valence-corrected chi connectivity index (χ1v) is 15.5. The van der Waals surface area contributed by atoms with Crippen LogP contribution < -0.4 is 4.90 Å². The molecule has 0 fully saturated rings. The van der Waals surface area contributed by atoms with Crippen molar-refractivity contribution in [3.63, 3.8) is 0 Å². The van der Waals surface area contributed by atoms with Gasteiger partial charge in [0.25, 0.3) is 0 Å². The molecule has 0 bridgehead atoms. The summed E-state index contributed by atoms with van der Waals surface area (Å²) in [5.41, 5.74) is 7.65. The van der Waals surface area contributed by atoms with Crippen molar-refractivity contribution in [3.05, 3.63) is 160 Å². The Kier molecular flexibility index (Phi) is 10.0. The Morgan fingerprint density at radius 2 is 1.19 bits per heavy atom. The third-order valence-electron chi connectivity index (χ3n) is 7.95. The zero-order chi connectivity index (χ0) is 34.1. The first kappa shape index (κ1) is 32.8. The molecule has 1 aliphatic carbocycles. The quantitative estimate of drug-likeness (QED) is 0.242. The number of hydrogen-bond acceptors (Lipinski definition) is 6. The minimum Gasteiger partial charge on any atom is -0.462 e. The van der Waals surface area contributed by atoms with E-state index in [1.165, 1.54) is 0 Å². The van der Waals surface area contributed by atoms with E-state index in [1.54, 1.807) is 19.1 Å². The number of ether oxygens (including phenoxy) is 1. The van der Waals surface area contributed by atoms with Crippen molar-refractivity contribution in [2.45, 2.75) is 33.6 Å². The van der Waals surface area contributed by atoms with Crippen molar-refractivity contribution >= 4 is 29.2 Å². The molecule has 3 aromatic rings. The van der Waals surface area contributed by atoms with Crippen LogP contribution in [0.15, 0.2) is 149 Å². The van der Waals surface area contributed by atoms with Gasteiger partial charge in [-0.1, -0.05) is 80.6 Å². The van der Waals surface area contributed by atoms with Gasteiger partial charge in [-0.2, -0.15) is 21.0 Å². The monoisotopic (exact) mass is 623 g/mol. The van der Waals surface area contributed by atoms with Gasteiger partial charge in [-0.15, -0.1) is 0 Å². The lowest BCUT2D eigenvalue weighted by Crippen LogP contribution is -2.17. The molecule has 6 nitrogen and oxygen atoms in total. The maximum Gasteiger partial charge on any atom is 0.137 e. The molecular weight excluding hydrogens is 590 g/mol. The molecule has 0 saturated carbocycles. The van der Waals surface area contributed by atoms with E-state index in [-0.39, 0.29) is 16.6 Å². The van der Waals surface area contributed by atoms with E-state index in [1.807, 2.05) is 72.8 Å². The Morgan fingerprint density at radius 3 is 1.75 bits per heavy atom. The molecule has 6 heteroatoms. The van der Waals surface area contributed by atoms with Crippen LogP contribution in [-0.2, 0) is 4.74 Å². The number of nitrogens with zero attached hydrogens (tertiary/aromatic N) is 5. The highest BCUT2D eigenvalue weighted by Crippen LogP contribution is 2.40. The summed E-state index contributed by atoms with van der Waals surface area (Å²) in [6.07, 6.45) is 14.8. The van der Waals surface area contributed by atoms with Crippen LogP contribution in [0.1, 0.15) is 44.7 Å². The van der Waals surface area contributed by atoms with Gasteiger partial charge in [0.05, 0.1) is 0 Å². The Morgan fingerprint density at radius 1 is 0.646 bits per heavy atom. The SMILES string of the molecule is CC1=CC(=C(C#N)C#N)C=C(/C=C/c2ccc(N(c3ccccc3)c3ccc(/C=C/C4=CC(=C(C#N)C#N)CC(C)(C)C4)cc3)cc2)O1. The maximum atomic E-state index is 9.40. The summed E-state index contributed by atoms with van der Waals surface area (Å²) in [6.45, 7) is 6.11. The van der Waals surface area contributed by atoms with Crippen LogP contribution in [0, 0.1) is 50.7 Å². The van der Waals surface area contributed by atoms with Crippen molar-refractivity contribution in [3.8, 4) is 24.3 Å². The Labute approximate surface area is 282 Å². The van der Waals surface area contributed by atoms with Gasteiger partial charge in [0.15, 0.2) is 0 Å². The molecule has 1 aliphatic heterocycles. The molecule has 0 aromatic heterocycles. The second-order valence-corrected chi connectivity index (χ2v) is 12.3. The summed E-state index contributed by atoms with van der Waals surface area (Å²) < 4.78 is 5.79. The lowest BCUT2D eigenvalue weighted by atomic mass is 9.74. The molecule has 0 N–H and O–H groups in total. The van der Waals surface area contributed by atoms with Gasteiger partial charge in [0.2, 0.25) is 0 Å². The Hall–Kier alpha value is -6.60. The first-order valence-electron chi connectivity index (χ1n) is 15.5. The Bertz CT molecular complexity index is 2060. The Balaban J connectivity index is 1.38. The summed E-state index contributed by atoms with van der Waals surface area (Å²) in [6, 6.07) is 34.7. The molecular formula is C42H33N5O. The molecule has 2 aliphatic rings. The van der Waals surface area contributed by atoms with E-state index < -0.39 is 0 Å². The predicted molar refractivity (Wildman–Crippen MR) is 190 cm³/mol. The second kappa shape index (κ2) is 14.7. The maximum absolute atomic E-state index is 9.40. The van der Waals surface area contributed by atoms with Crippen LogP contribution in [0.2, 0.25) is 0 Å². The summed E-state index contributed by atoms with van der Waals surface area (Å²) in [5, 5.41) is 37.3. The van der Waals surface area contributed by atoms with E-state index in [0.29, 0.717) is 23.5 Å². The standard InChI is InChI=1S/C42H33N5O/c1-30-21-34(36(26-43)27-44)23-41(48-30)20-15-32-13-18-40(19-14-32)47(38-7-5-4-6-8-38)39-16-11-31(12-17-39)9-10-33-22-35(37(28-45)29-46)25-42(2,3)24-33/h4-23H,24-25H2,1-3H3/b10-9+,20-15+. The van der Waals surface area contributed by atoms with Gasteiger partial charge in [-0.3, -0.25) is 0 Å². The predicted octanol–water partition coefficient (Wildman–Crippen LogP) is 10.4. The van der Waals surface area contributed by atoms with E-state index in [2.05, 4.69) is 79.4 Å². The molecule has 48 heavy (non-hydrogen) atoms. The molecule has 0 unspecified atom stereocenters. The van der Waals surface area contributed by atoms with E-state index >= 15 is 0 Å². The molecule has 0 spiro atoms. The fourth-order valence-electron chi connectivity index (χ4n) is 5.81. The van der Waals surface area contributed by atoms with Gasteiger partial charge in [-0.05, 0) is 102 Å². The van der Waals surface area contributed by atoms with Gasteiger partial charge < -0.3 is 9.64 Å². The number of nitriles is 4. The van der Waals surface area contributed by atoms with Gasteiger partial charge >= 0.3 is 0 Å². The number of benzene rings is 3. The zero-order valence-electron chi connectivity index (χ0n) is 27.1. The van der Waals surface area contributed by atoms with Crippen molar-refractivity contribution in [2.75, 3.05) is 4.90 Å². The lowest BCUT2D eigenvalue weighted by Gasteiger charge is -2.30. The molecule has 1 heterocycles. The van der Waals surface area contributed by atoms with E-state index in [4.69, 9.17) is 4.74 Å². The number of anilines is 3. The van der Waals surface area contributed by atoms with Gasteiger partial charge in [0.1, 0.15) is 46.9 Å². The number of allylic oxidation sites excluding steroid dienone is 11. The summed E-state index contributed by atoms with van der Waals surface area (Å²) in [4.78, 5) is 2.19. The lowest BCUT2D eigenvalue weighted by molar-refractivity contribution is 0.318. The van der Waals surface area contributed by atoms with Crippen LogP contribution in [0.4, 0.5) is 17.1 Å². The fraction of sp³-hybridized carbons (Fsp3) is 0.143. The van der Waals surface area contributed by atoms with Crippen LogP contribution in [0.5, 0.6) is 0 Å². The minimum absolute atomic E-state index is 0.0353.